The predicted octanol–water partition coefficient (Wildman–Crippen LogP) is 0.0137. The Hall–Kier alpha value is -0.780. The summed E-state index contributed by atoms with van der Waals surface area (Å²) in [6.07, 6.45) is -4.43. The fourth-order valence-corrected chi connectivity index (χ4v) is 0.404. The lowest BCUT2D eigenvalue weighted by molar-refractivity contribution is -0.173. The summed E-state index contributed by atoms with van der Waals surface area (Å²) in [6, 6.07) is 0. The molecule has 0 aromatic heterocycles. The van der Waals surface area contributed by atoms with Gasteiger partial charge in [-0.05, 0) is 13.0 Å². The second-order valence-electron chi connectivity index (χ2n) is 1.90. The topological polar surface area (TPSA) is 55.1 Å². The Kier molecular flexibility index (Phi) is 3.88. The van der Waals surface area contributed by atoms with Crippen molar-refractivity contribution in [2.45, 2.75) is 12.6 Å². The standard InChI is InChI=1S/C5H9F3N2O/c6-5(7,8)4(11)10-3-1-2-9/h1-3,9H2,(H,10,11). The number of carbonyl (C=O) groups is 1. The molecular weight excluding hydrogens is 161 g/mol. The average Bonchev–Trinajstić information content (AvgIpc) is 1.86. The summed E-state index contributed by atoms with van der Waals surface area (Å²) in [5.74, 6) is -1.91. The molecule has 0 unspecified atom stereocenters. The number of carbonyl (C=O) groups excluding carboxylic acids is 1. The quantitative estimate of drug-likeness (QED) is 0.586. The largest absolute Gasteiger partial charge is 0.471 e. The van der Waals surface area contributed by atoms with Gasteiger partial charge in [-0.25, -0.2) is 0 Å². The lowest BCUT2D eigenvalue weighted by Gasteiger charge is -2.06. The van der Waals surface area contributed by atoms with E-state index in [2.05, 4.69) is 0 Å². The number of nitrogens with two attached hydrogens (primary N) is 1. The van der Waals surface area contributed by atoms with Crippen molar-refractivity contribution in [3.05, 3.63) is 0 Å². The number of hydrogen-bond donors (Lipinski definition) is 2. The molecule has 1 amide bonds. The van der Waals surface area contributed by atoms with Crippen molar-refractivity contribution in [3.8, 4) is 0 Å². The maximum Gasteiger partial charge on any atom is 0.471 e. The van der Waals surface area contributed by atoms with Gasteiger partial charge < -0.3 is 11.1 Å². The van der Waals surface area contributed by atoms with Gasteiger partial charge in [0.25, 0.3) is 0 Å². The smallest absolute Gasteiger partial charge is 0.348 e. The molecule has 0 aromatic rings. The molecule has 3 N–H and O–H groups in total. The van der Waals surface area contributed by atoms with Crippen LogP contribution < -0.4 is 11.1 Å². The van der Waals surface area contributed by atoms with E-state index in [9.17, 15) is 18.0 Å². The maximum atomic E-state index is 11.4. The first-order chi connectivity index (χ1) is 4.98. The van der Waals surface area contributed by atoms with Gasteiger partial charge in [-0.3, -0.25) is 4.79 Å². The molecule has 0 fully saturated rings. The van der Waals surface area contributed by atoms with Crippen LogP contribution in [0.2, 0.25) is 0 Å². The Bertz CT molecular complexity index is 134. The third-order valence-corrected chi connectivity index (χ3v) is 0.924. The van der Waals surface area contributed by atoms with Crippen LogP contribution in [0.25, 0.3) is 0 Å². The Morgan fingerprint density at radius 1 is 1.45 bits per heavy atom. The van der Waals surface area contributed by atoms with Crippen molar-refractivity contribution in [1.29, 1.82) is 0 Å². The van der Waals surface area contributed by atoms with Crippen LogP contribution in [-0.2, 0) is 4.79 Å². The van der Waals surface area contributed by atoms with Crippen molar-refractivity contribution < 1.29 is 18.0 Å². The first kappa shape index (κ1) is 10.2. The summed E-state index contributed by atoms with van der Waals surface area (Å²) in [5, 5.41) is 1.68. The molecule has 0 aliphatic heterocycles. The van der Waals surface area contributed by atoms with Crippen molar-refractivity contribution >= 4 is 5.91 Å². The molecule has 0 rings (SSSR count). The number of nitrogens with one attached hydrogen (secondary N) is 1. The molecular formula is C5H9F3N2O. The van der Waals surface area contributed by atoms with Crippen molar-refractivity contribution in [2.75, 3.05) is 13.1 Å². The minimum atomic E-state index is -4.78. The number of alkyl halides is 3. The van der Waals surface area contributed by atoms with Crippen molar-refractivity contribution in [2.24, 2.45) is 5.73 Å². The molecule has 0 radical (unpaired) electrons. The van der Waals surface area contributed by atoms with E-state index in [1.807, 2.05) is 0 Å². The van der Waals surface area contributed by atoms with E-state index in [1.165, 1.54) is 0 Å². The fraction of sp³-hybridized carbons (Fsp3) is 0.800. The van der Waals surface area contributed by atoms with Gasteiger partial charge in [-0.15, -0.1) is 0 Å². The fourth-order valence-electron chi connectivity index (χ4n) is 0.404. The minimum absolute atomic E-state index is 0.0329. The van der Waals surface area contributed by atoms with E-state index in [0.29, 0.717) is 6.42 Å². The highest BCUT2D eigenvalue weighted by Gasteiger charge is 2.37. The molecule has 0 atom stereocenters. The lowest BCUT2D eigenvalue weighted by atomic mass is 10.4. The molecule has 3 nitrogen and oxygen atoms in total. The highest BCUT2D eigenvalue weighted by atomic mass is 19.4. The molecule has 0 aliphatic carbocycles. The van der Waals surface area contributed by atoms with Crippen LogP contribution in [0.5, 0.6) is 0 Å². The summed E-state index contributed by atoms with van der Waals surface area (Å²) in [7, 11) is 0. The molecule has 0 aromatic carbocycles. The third-order valence-electron chi connectivity index (χ3n) is 0.924. The lowest BCUT2D eigenvalue weighted by Crippen LogP contribution is -2.37. The van der Waals surface area contributed by atoms with Crippen molar-refractivity contribution in [1.82, 2.24) is 5.32 Å². The minimum Gasteiger partial charge on any atom is -0.348 e. The zero-order valence-electron chi connectivity index (χ0n) is 5.74. The molecule has 0 saturated heterocycles. The Balaban J connectivity index is 3.54. The first-order valence-electron chi connectivity index (χ1n) is 3.03. The summed E-state index contributed by atoms with van der Waals surface area (Å²) < 4.78 is 34.3. The summed E-state index contributed by atoms with van der Waals surface area (Å²) in [4.78, 5) is 10.1. The van der Waals surface area contributed by atoms with Crippen LogP contribution >= 0.6 is 0 Å². The van der Waals surface area contributed by atoms with E-state index >= 15 is 0 Å². The van der Waals surface area contributed by atoms with Gasteiger partial charge >= 0.3 is 12.1 Å². The normalized spacial score (nSPS) is 11.3. The first-order valence-corrected chi connectivity index (χ1v) is 3.03. The predicted molar refractivity (Wildman–Crippen MR) is 32.7 cm³/mol. The molecule has 0 spiro atoms. The van der Waals surface area contributed by atoms with Gasteiger partial charge in [0.15, 0.2) is 0 Å². The monoisotopic (exact) mass is 170 g/mol. The Morgan fingerprint density at radius 2 is 2.00 bits per heavy atom. The highest BCUT2D eigenvalue weighted by Crippen LogP contribution is 2.13. The van der Waals surface area contributed by atoms with Gasteiger partial charge in [0.1, 0.15) is 0 Å². The molecule has 0 bridgehead atoms. The van der Waals surface area contributed by atoms with E-state index in [1.54, 1.807) is 5.32 Å². The highest BCUT2D eigenvalue weighted by molar-refractivity contribution is 5.81. The van der Waals surface area contributed by atoms with Gasteiger partial charge in [-0.1, -0.05) is 0 Å². The third kappa shape index (κ3) is 4.60. The van der Waals surface area contributed by atoms with E-state index in [4.69, 9.17) is 5.73 Å². The second kappa shape index (κ2) is 4.17. The number of halogens is 3. The maximum absolute atomic E-state index is 11.4. The van der Waals surface area contributed by atoms with Gasteiger partial charge in [0, 0.05) is 6.54 Å². The molecule has 0 saturated carbocycles. The van der Waals surface area contributed by atoms with Crippen LogP contribution in [0, 0.1) is 0 Å². The van der Waals surface area contributed by atoms with Gasteiger partial charge in [0.2, 0.25) is 0 Å². The van der Waals surface area contributed by atoms with Crippen LogP contribution in [0.15, 0.2) is 0 Å². The average molecular weight is 170 g/mol. The summed E-state index contributed by atoms with van der Waals surface area (Å²) in [5.41, 5.74) is 4.99. The van der Waals surface area contributed by atoms with Gasteiger partial charge in [-0.2, -0.15) is 13.2 Å². The van der Waals surface area contributed by atoms with E-state index in [-0.39, 0.29) is 13.1 Å². The molecule has 0 aliphatic rings. The number of hydrogen-bond acceptors (Lipinski definition) is 2. The van der Waals surface area contributed by atoms with Crippen LogP contribution in [0.3, 0.4) is 0 Å². The zero-order valence-corrected chi connectivity index (χ0v) is 5.74. The van der Waals surface area contributed by atoms with E-state index in [0.717, 1.165) is 0 Å². The molecule has 11 heavy (non-hydrogen) atoms. The molecule has 0 heterocycles. The summed E-state index contributed by atoms with van der Waals surface area (Å²) >= 11 is 0. The van der Waals surface area contributed by atoms with Crippen LogP contribution in [0.4, 0.5) is 13.2 Å². The Labute approximate surface area is 61.7 Å². The molecule has 6 heteroatoms. The van der Waals surface area contributed by atoms with Gasteiger partial charge in [0.05, 0.1) is 0 Å². The molecule has 66 valence electrons. The number of rotatable bonds is 3. The zero-order chi connectivity index (χ0) is 8.91. The van der Waals surface area contributed by atoms with E-state index < -0.39 is 12.1 Å². The Morgan fingerprint density at radius 3 is 2.36 bits per heavy atom. The van der Waals surface area contributed by atoms with Crippen LogP contribution in [0.1, 0.15) is 6.42 Å². The van der Waals surface area contributed by atoms with Crippen LogP contribution in [-0.4, -0.2) is 25.2 Å². The van der Waals surface area contributed by atoms with Crippen molar-refractivity contribution in [3.63, 3.8) is 0 Å². The summed E-state index contributed by atoms with van der Waals surface area (Å²) in [6.45, 7) is 0.229. The second-order valence-corrected chi connectivity index (χ2v) is 1.90. The SMILES string of the molecule is NCCCNC(=O)C(F)(F)F. The number of amides is 1.